The molecule has 0 saturated carbocycles. The molecule has 2 rings (SSSR count). The van der Waals surface area contributed by atoms with E-state index in [0.717, 1.165) is 24.3 Å². The van der Waals surface area contributed by atoms with Crippen molar-refractivity contribution in [3.63, 3.8) is 0 Å². The molecule has 0 aliphatic rings. The predicted octanol–water partition coefficient (Wildman–Crippen LogP) is 3.18. The summed E-state index contributed by atoms with van der Waals surface area (Å²) in [5, 5.41) is 3.37. The van der Waals surface area contributed by atoms with Gasteiger partial charge in [-0.1, -0.05) is 25.1 Å². The summed E-state index contributed by atoms with van der Waals surface area (Å²) in [6.45, 7) is 2.91. The van der Waals surface area contributed by atoms with E-state index in [0.29, 0.717) is 6.42 Å². The zero-order valence-electron chi connectivity index (χ0n) is 10.5. The molecule has 18 heavy (non-hydrogen) atoms. The van der Waals surface area contributed by atoms with Gasteiger partial charge in [0, 0.05) is 12.5 Å². The van der Waals surface area contributed by atoms with Crippen LogP contribution in [0.1, 0.15) is 18.2 Å². The van der Waals surface area contributed by atoms with Gasteiger partial charge in [-0.3, -0.25) is 0 Å². The summed E-state index contributed by atoms with van der Waals surface area (Å²) in [6, 6.07) is 10.9. The molecule has 1 heterocycles. The monoisotopic (exact) mass is 247 g/mol. The lowest BCUT2D eigenvalue weighted by Gasteiger charge is -2.17. The van der Waals surface area contributed by atoms with Crippen molar-refractivity contribution in [1.82, 2.24) is 5.32 Å². The first-order valence-electron chi connectivity index (χ1n) is 6.28. The van der Waals surface area contributed by atoms with Crippen molar-refractivity contribution in [1.29, 1.82) is 0 Å². The number of likely N-dealkylation sites (N-methyl/N-ethyl adjacent to an activating group) is 1. The van der Waals surface area contributed by atoms with E-state index in [4.69, 9.17) is 4.42 Å². The zero-order chi connectivity index (χ0) is 12.8. The number of furan rings is 1. The number of benzene rings is 1. The molecular formula is C15H18FNO. The maximum absolute atomic E-state index is 13.6. The summed E-state index contributed by atoms with van der Waals surface area (Å²) in [5.74, 6) is 0.789. The Kier molecular flexibility index (Phi) is 4.53. The van der Waals surface area contributed by atoms with Crippen LogP contribution in [0.4, 0.5) is 4.39 Å². The van der Waals surface area contributed by atoms with Crippen molar-refractivity contribution in [2.75, 3.05) is 6.54 Å². The molecule has 1 atom stereocenters. The van der Waals surface area contributed by atoms with E-state index in [1.807, 2.05) is 24.3 Å². The van der Waals surface area contributed by atoms with Crippen LogP contribution in [0.5, 0.6) is 0 Å². The minimum absolute atomic E-state index is 0.139. The SMILES string of the molecule is CCNC(Cc1ccco1)Cc1ccccc1F. The fourth-order valence-corrected chi connectivity index (χ4v) is 2.11. The minimum atomic E-state index is -0.139. The molecule has 1 aromatic carbocycles. The summed E-state index contributed by atoms with van der Waals surface area (Å²) >= 11 is 0. The van der Waals surface area contributed by atoms with Gasteiger partial charge >= 0.3 is 0 Å². The predicted molar refractivity (Wildman–Crippen MR) is 70.0 cm³/mol. The van der Waals surface area contributed by atoms with Gasteiger partial charge in [0.15, 0.2) is 0 Å². The van der Waals surface area contributed by atoms with Gasteiger partial charge in [-0.25, -0.2) is 4.39 Å². The number of hydrogen-bond acceptors (Lipinski definition) is 2. The first-order chi connectivity index (χ1) is 8.79. The van der Waals surface area contributed by atoms with Crippen LogP contribution in [0.15, 0.2) is 47.1 Å². The summed E-state index contributed by atoms with van der Waals surface area (Å²) in [6.07, 6.45) is 3.11. The van der Waals surface area contributed by atoms with Crippen molar-refractivity contribution in [3.8, 4) is 0 Å². The third-order valence-corrected chi connectivity index (χ3v) is 2.94. The molecule has 96 valence electrons. The Morgan fingerprint density at radius 2 is 2.00 bits per heavy atom. The molecule has 0 radical (unpaired) electrons. The third-order valence-electron chi connectivity index (χ3n) is 2.94. The molecule has 0 spiro atoms. The summed E-state index contributed by atoms with van der Waals surface area (Å²) < 4.78 is 19.0. The van der Waals surface area contributed by atoms with Gasteiger partial charge < -0.3 is 9.73 Å². The average molecular weight is 247 g/mol. The standard InChI is InChI=1S/C15H18FNO/c1-2-17-13(11-14-7-5-9-18-14)10-12-6-3-4-8-15(12)16/h3-9,13,17H,2,10-11H2,1H3. The van der Waals surface area contributed by atoms with Crippen molar-refractivity contribution in [3.05, 3.63) is 59.8 Å². The Balaban J connectivity index is 2.04. The van der Waals surface area contributed by atoms with Crippen molar-refractivity contribution in [2.24, 2.45) is 0 Å². The first-order valence-corrected chi connectivity index (χ1v) is 6.28. The zero-order valence-corrected chi connectivity index (χ0v) is 10.5. The van der Waals surface area contributed by atoms with Gasteiger partial charge in [0.05, 0.1) is 6.26 Å². The lowest BCUT2D eigenvalue weighted by atomic mass is 10.0. The van der Waals surface area contributed by atoms with Crippen LogP contribution in [0.3, 0.4) is 0 Å². The van der Waals surface area contributed by atoms with E-state index in [9.17, 15) is 4.39 Å². The van der Waals surface area contributed by atoms with Crippen LogP contribution < -0.4 is 5.32 Å². The van der Waals surface area contributed by atoms with E-state index in [1.54, 1.807) is 12.3 Å². The molecule has 2 aromatic rings. The van der Waals surface area contributed by atoms with Crippen LogP contribution in [0, 0.1) is 5.82 Å². The van der Waals surface area contributed by atoms with E-state index < -0.39 is 0 Å². The fourth-order valence-electron chi connectivity index (χ4n) is 2.11. The molecule has 3 heteroatoms. The molecule has 1 N–H and O–H groups in total. The fraction of sp³-hybridized carbons (Fsp3) is 0.333. The van der Waals surface area contributed by atoms with E-state index in [-0.39, 0.29) is 11.9 Å². The maximum atomic E-state index is 13.6. The van der Waals surface area contributed by atoms with Gasteiger partial charge in [-0.15, -0.1) is 0 Å². The lowest BCUT2D eigenvalue weighted by molar-refractivity contribution is 0.440. The number of hydrogen-bond donors (Lipinski definition) is 1. The highest BCUT2D eigenvalue weighted by atomic mass is 19.1. The molecular weight excluding hydrogens is 229 g/mol. The molecule has 0 saturated heterocycles. The van der Waals surface area contributed by atoms with Crippen molar-refractivity contribution < 1.29 is 8.81 Å². The molecule has 2 nitrogen and oxygen atoms in total. The van der Waals surface area contributed by atoms with Gasteiger partial charge in [-0.2, -0.15) is 0 Å². The highest BCUT2D eigenvalue weighted by Crippen LogP contribution is 2.12. The molecule has 0 aliphatic heterocycles. The third kappa shape index (κ3) is 3.44. The van der Waals surface area contributed by atoms with Gasteiger partial charge in [0.1, 0.15) is 11.6 Å². The maximum Gasteiger partial charge on any atom is 0.126 e. The molecule has 1 aromatic heterocycles. The topological polar surface area (TPSA) is 25.2 Å². The normalized spacial score (nSPS) is 12.6. The van der Waals surface area contributed by atoms with Crippen LogP contribution in [0.25, 0.3) is 0 Å². The van der Waals surface area contributed by atoms with Crippen LogP contribution in [-0.4, -0.2) is 12.6 Å². The van der Waals surface area contributed by atoms with Crippen molar-refractivity contribution in [2.45, 2.75) is 25.8 Å². The van der Waals surface area contributed by atoms with Gasteiger partial charge in [-0.05, 0) is 36.7 Å². The second-order valence-corrected chi connectivity index (χ2v) is 4.33. The Bertz CT molecular complexity index is 467. The molecule has 0 aliphatic carbocycles. The Morgan fingerprint density at radius 3 is 2.67 bits per heavy atom. The molecule has 0 amide bonds. The molecule has 1 unspecified atom stereocenters. The number of nitrogens with one attached hydrogen (secondary N) is 1. The smallest absolute Gasteiger partial charge is 0.126 e. The minimum Gasteiger partial charge on any atom is -0.469 e. The number of halogens is 1. The molecule has 0 fully saturated rings. The Morgan fingerprint density at radius 1 is 1.17 bits per heavy atom. The highest BCUT2D eigenvalue weighted by molar-refractivity contribution is 5.19. The lowest BCUT2D eigenvalue weighted by Crippen LogP contribution is -2.33. The second kappa shape index (κ2) is 6.36. The van der Waals surface area contributed by atoms with Crippen LogP contribution >= 0.6 is 0 Å². The summed E-state index contributed by atoms with van der Waals surface area (Å²) in [7, 11) is 0. The highest BCUT2D eigenvalue weighted by Gasteiger charge is 2.13. The number of rotatable bonds is 6. The van der Waals surface area contributed by atoms with E-state index in [1.165, 1.54) is 6.07 Å². The Labute approximate surface area is 107 Å². The largest absolute Gasteiger partial charge is 0.469 e. The second-order valence-electron chi connectivity index (χ2n) is 4.33. The van der Waals surface area contributed by atoms with Gasteiger partial charge in [0.2, 0.25) is 0 Å². The van der Waals surface area contributed by atoms with Crippen LogP contribution in [-0.2, 0) is 12.8 Å². The quantitative estimate of drug-likeness (QED) is 0.848. The average Bonchev–Trinajstić information content (AvgIpc) is 2.85. The van der Waals surface area contributed by atoms with Gasteiger partial charge in [0.25, 0.3) is 0 Å². The Hall–Kier alpha value is -1.61. The van der Waals surface area contributed by atoms with E-state index >= 15 is 0 Å². The van der Waals surface area contributed by atoms with E-state index in [2.05, 4.69) is 12.2 Å². The molecule has 0 bridgehead atoms. The summed E-state index contributed by atoms with van der Waals surface area (Å²) in [5.41, 5.74) is 0.745. The first kappa shape index (κ1) is 12.8. The van der Waals surface area contributed by atoms with Crippen LogP contribution in [0.2, 0.25) is 0 Å². The van der Waals surface area contributed by atoms with Crippen molar-refractivity contribution >= 4 is 0 Å². The summed E-state index contributed by atoms with van der Waals surface area (Å²) in [4.78, 5) is 0.